The Morgan fingerprint density at radius 1 is 1.14 bits per heavy atom. The van der Waals surface area contributed by atoms with E-state index in [4.69, 9.17) is 10.5 Å². The first-order valence-electron chi connectivity index (χ1n) is 8.58. The summed E-state index contributed by atoms with van der Waals surface area (Å²) in [7, 11) is 0. The van der Waals surface area contributed by atoms with Gasteiger partial charge in [0, 0.05) is 11.3 Å². The fourth-order valence-electron chi connectivity index (χ4n) is 2.60. The summed E-state index contributed by atoms with van der Waals surface area (Å²) >= 11 is 0. The van der Waals surface area contributed by atoms with E-state index in [-0.39, 0.29) is 35.6 Å². The maximum absolute atomic E-state index is 12.3. The molecule has 0 aliphatic heterocycles. The van der Waals surface area contributed by atoms with Crippen molar-refractivity contribution >= 4 is 29.2 Å². The van der Waals surface area contributed by atoms with E-state index in [1.807, 2.05) is 31.2 Å². The van der Waals surface area contributed by atoms with Gasteiger partial charge in [0.2, 0.25) is 11.9 Å². The van der Waals surface area contributed by atoms with Crippen molar-refractivity contribution in [2.24, 2.45) is 0 Å². The lowest BCUT2D eigenvalue weighted by Crippen LogP contribution is -2.12. The molecule has 3 N–H and O–H groups in total. The number of aromatic nitrogens is 3. The summed E-state index contributed by atoms with van der Waals surface area (Å²) in [5.74, 6) is -0.612. The Bertz CT molecular complexity index is 1070. The highest BCUT2D eigenvalue weighted by Crippen LogP contribution is 2.24. The van der Waals surface area contributed by atoms with Crippen LogP contribution in [0.25, 0.3) is 0 Å². The number of ether oxygens (including phenoxy) is 1. The molecule has 2 aromatic carbocycles. The summed E-state index contributed by atoms with van der Waals surface area (Å²) < 4.78 is 5.16. The molecule has 0 amide bonds. The molecule has 10 nitrogen and oxygen atoms in total. The molecule has 0 atom stereocenters. The van der Waals surface area contributed by atoms with E-state index in [1.54, 1.807) is 19.1 Å². The number of carbonyl (C=O) groups is 1. The summed E-state index contributed by atoms with van der Waals surface area (Å²) in [5.41, 5.74) is 7.48. The number of nitrogens with two attached hydrogens (primary N) is 1. The highest BCUT2D eigenvalue weighted by molar-refractivity contribution is 5.94. The summed E-state index contributed by atoms with van der Waals surface area (Å²) in [4.78, 5) is 35.1. The molecule has 3 rings (SSSR count). The smallest absolute Gasteiger partial charge is 0.345 e. The molecule has 1 heterocycles. The first kappa shape index (κ1) is 19.7. The second-order valence-corrected chi connectivity index (χ2v) is 6.23. The average Bonchev–Trinajstić information content (AvgIpc) is 2.67. The normalized spacial score (nSPS) is 10.4. The summed E-state index contributed by atoms with van der Waals surface area (Å²) in [6, 6.07) is 12.0. The van der Waals surface area contributed by atoms with Gasteiger partial charge in [-0.2, -0.15) is 15.0 Å². The molecular weight excluding hydrogens is 376 g/mol. The fraction of sp³-hybridized carbons (Fsp3) is 0.158. The van der Waals surface area contributed by atoms with E-state index in [0.29, 0.717) is 5.56 Å². The second-order valence-electron chi connectivity index (χ2n) is 6.23. The van der Waals surface area contributed by atoms with Crippen LogP contribution in [0.1, 0.15) is 27.3 Å². The quantitative estimate of drug-likeness (QED) is 0.366. The Balaban J connectivity index is 1.75. The third kappa shape index (κ3) is 4.80. The molecule has 0 aliphatic carbocycles. The molecule has 0 bridgehead atoms. The Morgan fingerprint density at radius 3 is 2.55 bits per heavy atom. The van der Waals surface area contributed by atoms with Gasteiger partial charge in [-0.05, 0) is 32.0 Å². The minimum Gasteiger partial charge on any atom is -0.454 e. The van der Waals surface area contributed by atoms with E-state index >= 15 is 0 Å². The number of nitro groups is 1. The molecule has 10 heteroatoms. The number of nitro benzene ring substituents is 1. The van der Waals surface area contributed by atoms with Crippen LogP contribution in [0.3, 0.4) is 0 Å². The van der Waals surface area contributed by atoms with Crippen molar-refractivity contribution < 1.29 is 14.5 Å². The lowest BCUT2D eigenvalue weighted by molar-refractivity contribution is -0.385. The van der Waals surface area contributed by atoms with Gasteiger partial charge in [-0.15, -0.1) is 0 Å². The number of anilines is 3. The maximum Gasteiger partial charge on any atom is 0.345 e. The molecule has 0 spiro atoms. The van der Waals surface area contributed by atoms with Crippen LogP contribution in [-0.4, -0.2) is 25.8 Å². The number of aryl methyl sites for hydroxylation is 2. The van der Waals surface area contributed by atoms with Crippen molar-refractivity contribution in [2.75, 3.05) is 11.1 Å². The standard InChI is InChI=1S/C19H18N6O4/c1-11-6-8-13(9-7-11)21-19-23-15(22-18(20)24-19)10-29-17(26)14-5-3-4-12(2)16(14)25(27)28/h3-9H,10H2,1-2H3,(H3,20,21,22,23,24). The van der Waals surface area contributed by atoms with Crippen LogP contribution >= 0.6 is 0 Å². The number of hydrogen-bond donors (Lipinski definition) is 2. The molecule has 0 saturated heterocycles. The molecule has 0 saturated carbocycles. The number of benzene rings is 2. The van der Waals surface area contributed by atoms with E-state index in [2.05, 4.69) is 20.3 Å². The largest absolute Gasteiger partial charge is 0.454 e. The third-order valence-electron chi connectivity index (χ3n) is 3.98. The van der Waals surface area contributed by atoms with Crippen molar-refractivity contribution in [3.8, 4) is 0 Å². The summed E-state index contributed by atoms with van der Waals surface area (Å²) in [5, 5.41) is 14.2. The van der Waals surface area contributed by atoms with Crippen LogP contribution in [-0.2, 0) is 11.3 Å². The Morgan fingerprint density at radius 2 is 1.86 bits per heavy atom. The lowest BCUT2D eigenvalue weighted by atomic mass is 10.1. The van der Waals surface area contributed by atoms with Crippen LogP contribution in [0, 0.1) is 24.0 Å². The van der Waals surface area contributed by atoms with Gasteiger partial charge in [0.1, 0.15) is 5.56 Å². The second kappa shape index (κ2) is 8.30. The van der Waals surface area contributed by atoms with Gasteiger partial charge in [0.05, 0.1) is 4.92 Å². The van der Waals surface area contributed by atoms with Gasteiger partial charge >= 0.3 is 5.97 Å². The van der Waals surface area contributed by atoms with Gasteiger partial charge in [0.15, 0.2) is 12.4 Å². The van der Waals surface area contributed by atoms with Crippen LogP contribution in [0.15, 0.2) is 42.5 Å². The zero-order valence-electron chi connectivity index (χ0n) is 15.7. The van der Waals surface area contributed by atoms with Gasteiger partial charge in [-0.3, -0.25) is 10.1 Å². The predicted octanol–water partition coefficient (Wildman–Crippen LogP) is 3.08. The number of hydrogen-bond acceptors (Lipinski definition) is 9. The van der Waals surface area contributed by atoms with E-state index < -0.39 is 10.9 Å². The molecule has 3 aromatic rings. The van der Waals surface area contributed by atoms with Gasteiger partial charge in [-0.25, -0.2) is 4.79 Å². The Kier molecular flexibility index (Phi) is 5.63. The number of carbonyl (C=O) groups excluding carboxylic acids is 1. The van der Waals surface area contributed by atoms with Crippen molar-refractivity contribution in [1.29, 1.82) is 0 Å². The topological polar surface area (TPSA) is 146 Å². The highest BCUT2D eigenvalue weighted by atomic mass is 16.6. The zero-order valence-corrected chi connectivity index (χ0v) is 15.7. The van der Waals surface area contributed by atoms with Crippen LogP contribution in [0.5, 0.6) is 0 Å². The Labute approximate surface area is 165 Å². The van der Waals surface area contributed by atoms with Crippen molar-refractivity contribution in [1.82, 2.24) is 15.0 Å². The highest BCUT2D eigenvalue weighted by Gasteiger charge is 2.23. The number of rotatable bonds is 6. The van der Waals surface area contributed by atoms with Crippen molar-refractivity contribution in [3.63, 3.8) is 0 Å². The van der Waals surface area contributed by atoms with E-state index in [0.717, 1.165) is 11.3 Å². The molecular formula is C19H18N6O4. The van der Waals surface area contributed by atoms with Gasteiger partial charge < -0.3 is 15.8 Å². The van der Waals surface area contributed by atoms with Crippen LogP contribution in [0.2, 0.25) is 0 Å². The van der Waals surface area contributed by atoms with E-state index in [9.17, 15) is 14.9 Å². The molecule has 0 radical (unpaired) electrons. The SMILES string of the molecule is Cc1ccc(Nc2nc(N)nc(COC(=O)c3cccc(C)c3[N+](=O)[O-])n2)cc1. The van der Waals surface area contributed by atoms with E-state index in [1.165, 1.54) is 6.07 Å². The van der Waals surface area contributed by atoms with Gasteiger partial charge in [0.25, 0.3) is 5.69 Å². The predicted molar refractivity (Wildman–Crippen MR) is 106 cm³/mol. The first-order chi connectivity index (χ1) is 13.8. The molecule has 0 unspecified atom stereocenters. The van der Waals surface area contributed by atoms with Gasteiger partial charge in [-0.1, -0.05) is 29.8 Å². The number of nitrogen functional groups attached to an aromatic ring is 1. The maximum atomic E-state index is 12.3. The van der Waals surface area contributed by atoms with Crippen LogP contribution in [0.4, 0.5) is 23.3 Å². The monoisotopic (exact) mass is 394 g/mol. The molecule has 0 fully saturated rings. The first-order valence-corrected chi connectivity index (χ1v) is 8.58. The summed E-state index contributed by atoms with van der Waals surface area (Å²) in [6.45, 7) is 3.19. The number of para-hydroxylation sites is 1. The molecule has 29 heavy (non-hydrogen) atoms. The minimum absolute atomic E-state index is 0.0535. The summed E-state index contributed by atoms with van der Waals surface area (Å²) in [6.07, 6.45) is 0. The number of nitrogens with zero attached hydrogens (tertiary/aromatic N) is 4. The van der Waals surface area contributed by atoms with Crippen molar-refractivity contribution in [3.05, 3.63) is 75.1 Å². The van der Waals surface area contributed by atoms with Crippen molar-refractivity contribution in [2.45, 2.75) is 20.5 Å². The molecule has 1 aromatic heterocycles. The minimum atomic E-state index is -0.854. The third-order valence-corrected chi connectivity index (χ3v) is 3.98. The molecule has 148 valence electrons. The average molecular weight is 394 g/mol. The fourth-order valence-corrected chi connectivity index (χ4v) is 2.60. The lowest BCUT2D eigenvalue weighted by Gasteiger charge is -2.09. The zero-order chi connectivity index (χ0) is 21.0. The van der Waals surface area contributed by atoms with Crippen LogP contribution < -0.4 is 11.1 Å². The number of nitrogens with one attached hydrogen (secondary N) is 1. The Hall–Kier alpha value is -4.08. The molecule has 0 aliphatic rings. The number of esters is 1.